The van der Waals surface area contributed by atoms with Crippen LogP contribution < -0.4 is 4.72 Å². The summed E-state index contributed by atoms with van der Waals surface area (Å²) in [6, 6.07) is 12.0. The SMILES string of the molecule is Cc1c(C(F)(F)F)c(Cc2ccc(NS(C)(=O)=O)cc2)n(C)c1C(=O)c1ccc(Cl)cc1. The van der Waals surface area contributed by atoms with E-state index in [-0.39, 0.29) is 28.9 Å². The largest absolute Gasteiger partial charge is 0.418 e. The van der Waals surface area contributed by atoms with E-state index in [0.717, 1.165) is 6.26 Å². The zero-order valence-corrected chi connectivity index (χ0v) is 19.0. The van der Waals surface area contributed by atoms with Crippen molar-refractivity contribution in [2.75, 3.05) is 11.0 Å². The monoisotopic (exact) mass is 484 g/mol. The van der Waals surface area contributed by atoms with E-state index in [1.807, 2.05) is 0 Å². The maximum atomic E-state index is 14.0. The number of rotatable bonds is 6. The molecule has 0 aliphatic heterocycles. The molecule has 0 atom stereocenters. The number of hydrogen-bond donors (Lipinski definition) is 1. The summed E-state index contributed by atoms with van der Waals surface area (Å²) in [6.07, 6.45) is -3.75. The number of nitrogens with one attached hydrogen (secondary N) is 1. The van der Waals surface area contributed by atoms with Crippen LogP contribution in [-0.2, 0) is 29.7 Å². The third-order valence-corrected chi connectivity index (χ3v) is 5.85. The van der Waals surface area contributed by atoms with E-state index in [1.165, 1.54) is 67.1 Å². The van der Waals surface area contributed by atoms with Crippen LogP contribution in [0.2, 0.25) is 5.02 Å². The van der Waals surface area contributed by atoms with Crippen molar-refractivity contribution >= 4 is 33.1 Å². The third kappa shape index (κ3) is 5.16. The van der Waals surface area contributed by atoms with Crippen LogP contribution in [-0.4, -0.2) is 25.0 Å². The normalized spacial score (nSPS) is 12.1. The van der Waals surface area contributed by atoms with Crippen molar-refractivity contribution in [3.63, 3.8) is 0 Å². The fourth-order valence-electron chi connectivity index (χ4n) is 3.63. The highest BCUT2D eigenvalue weighted by molar-refractivity contribution is 7.92. The Hall–Kier alpha value is -2.78. The van der Waals surface area contributed by atoms with Gasteiger partial charge in [-0.3, -0.25) is 9.52 Å². The smallest absolute Gasteiger partial charge is 0.344 e. The highest BCUT2D eigenvalue weighted by Gasteiger charge is 2.40. The maximum Gasteiger partial charge on any atom is 0.418 e. The number of carbonyl (C=O) groups excluding carboxylic acids is 1. The first-order chi connectivity index (χ1) is 14.8. The lowest BCUT2D eigenvalue weighted by atomic mass is 10.0. The highest BCUT2D eigenvalue weighted by atomic mass is 35.5. The first-order valence-corrected chi connectivity index (χ1v) is 11.7. The van der Waals surface area contributed by atoms with Crippen molar-refractivity contribution < 1.29 is 26.4 Å². The minimum Gasteiger partial charge on any atom is -0.344 e. The lowest BCUT2D eigenvalue weighted by Gasteiger charge is -2.12. The molecule has 0 saturated carbocycles. The second kappa shape index (κ2) is 8.63. The van der Waals surface area contributed by atoms with Crippen LogP contribution in [0.1, 0.15) is 38.4 Å². The number of alkyl halides is 3. The van der Waals surface area contributed by atoms with E-state index in [4.69, 9.17) is 11.6 Å². The summed E-state index contributed by atoms with van der Waals surface area (Å²) in [5.74, 6) is -0.536. The summed E-state index contributed by atoms with van der Waals surface area (Å²) in [4.78, 5) is 13.0. The summed E-state index contributed by atoms with van der Waals surface area (Å²) in [6.45, 7) is 1.29. The van der Waals surface area contributed by atoms with Gasteiger partial charge in [-0.15, -0.1) is 0 Å². The second-order valence-corrected chi connectivity index (χ2v) is 9.62. The summed E-state index contributed by atoms with van der Waals surface area (Å²) < 4.78 is 68.1. The predicted molar refractivity (Wildman–Crippen MR) is 118 cm³/mol. The van der Waals surface area contributed by atoms with Crippen LogP contribution in [0.25, 0.3) is 0 Å². The first kappa shape index (κ1) is 23.9. The molecule has 0 aliphatic carbocycles. The van der Waals surface area contributed by atoms with Crippen molar-refractivity contribution in [2.45, 2.75) is 19.5 Å². The van der Waals surface area contributed by atoms with Gasteiger partial charge in [-0.25, -0.2) is 8.42 Å². The molecule has 170 valence electrons. The van der Waals surface area contributed by atoms with Gasteiger partial charge in [0.15, 0.2) is 0 Å². The van der Waals surface area contributed by atoms with Crippen LogP contribution in [0.3, 0.4) is 0 Å². The summed E-state index contributed by atoms with van der Waals surface area (Å²) in [5.41, 5.74) is -0.0497. The number of benzene rings is 2. The summed E-state index contributed by atoms with van der Waals surface area (Å²) >= 11 is 5.85. The molecule has 3 aromatic rings. The van der Waals surface area contributed by atoms with Crippen LogP contribution >= 0.6 is 11.6 Å². The van der Waals surface area contributed by atoms with Crippen molar-refractivity contribution in [1.82, 2.24) is 4.57 Å². The highest BCUT2D eigenvalue weighted by Crippen LogP contribution is 2.39. The van der Waals surface area contributed by atoms with Crippen molar-refractivity contribution in [3.05, 3.63) is 87.2 Å². The molecule has 0 aliphatic rings. The van der Waals surface area contributed by atoms with Gasteiger partial charge >= 0.3 is 6.18 Å². The topological polar surface area (TPSA) is 68.2 Å². The molecule has 0 saturated heterocycles. The number of sulfonamides is 1. The molecule has 1 N–H and O–H groups in total. The predicted octanol–water partition coefficient (Wildman–Crippen LogP) is 5.20. The van der Waals surface area contributed by atoms with E-state index in [1.54, 1.807) is 0 Å². The Morgan fingerprint density at radius 3 is 2.12 bits per heavy atom. The van der Waals surface area contributed by atoms with Gasteiger partial charge in [-0.1, -0.05) is 23.7 Å². The fraction of sp³-hybridized carbons (Fsp3) is 0.227. The second-order valence-electron chi connectivity index (χ2n) is 7.44. The molecule has 0 fully saturated rings. The standard InChI is InChI=1S/C22H20ClF3N2O3S/c1-13-19(22(24,25)26)18(12-14-4-10-17(11-5-14)27-32(3,30)31)28(2)20(13)21(29)15-6-8-16(23)9-7-15/h4-11,27H,12H2,1-3H3. The van der Waals surface area contributed by atoms with Crippen LogP contribution in [0, 0.1) is 6.92 Å². The molecular formula is C22H20ClF3N2O3S. The minimum absolute atomic E-state index is 0.0509. The fourth-order valence-corrected chi connectivity index (χ4v) is 4.32. The Kier molecular flexibility index (Phi) is 6.44. The summed E-state index contributed by atoms with van der Waals surface area (Å²) in [5, 5.41) is 0.413. The molecule has 1 heterocycles. The van der Waals surface area contributed by atoms with Crippen LogP contribution in [0.4, 0.5) is 18.9 Å². The summed E-state index contributed by atoms with van der Waals surface area (Å²) in [7, 11) is -2.04. The maximum absolute atomic E-state index is 14.0. The van der Waals surface area contributed by atoms with Gasteiger partial charge < -0.3 is 4.57 Å². The molecule has 0 spiro atoms. The van der Waals surface area contributed by atoms with E-state index in [9.17, 15) is 26.4 Å². The number of ketones is 1. The molecule has 10 heteroatoms. The molecule has 0 bridgehead atoms. The molecule has 1 aromatic heterocycles. The van der Waals surface area contributed by atoms with Gasteiger partial charge in [0.25, 0.3) is 0 Å². The van der Waals surface area contributed by atoms with Gasteiger partial charge in [0, 0.05) is 35.4 Å². The first-order valence-electron chi connectivity index (χ1n) is 9.40. The number of halogens is 4. The Morgan fingerprint density at radius 1 is 1.06 bits per heavy atom. The molecule has 5 nitrogen and oxygen atoms in total. The number of nitrogens with zero attached hydrogens (tertiary/aromatic N) is 1. The third-order valence-electron chi connectivity index (χ3n) is 4.99. The van der Waals surface area contributed by atoms with Crippen molar-refractivity contribution in [3.8, 4) is 0 Å². The van der Waals surface area contributed by atoms with Crippen molar-refractivity contribution in [1.29, 1.82) is 0 Å². The number of hydrogen-bond acceptors (Lipinski definition) is 3. The lowest BCUT2D eigenvalue weighted by Crippen LogP contribution is -2.12. The molecule has 2 aromatic carbocycles. The van der Waals surface area contributed by atoms with Crippen molar-refractivity contribution in [2.24, 2.45) is 7.05 Å². The van der Waals surface area contributed by atoms with E-state index in [2.05, 4.69) is 4.72 Å². The molecule has 0 unspecified atom stereocenters. The zero-order chi connectivity index (χ0) is 23.8. The molecule has 3 rings (SSSR count). The molecular weight excluding hydrogens is 465 g/mol. The van der Waals surface area contributed by atoms with Crippen LogP contribution in [0.15, 0.2) is 48.5 Å². The van der Waals surface area contributed by atoms with Gasteiger partial charge in [-0.05, 0) is 54.4 Å². The molecule has 32 heavy (non-hydrogen) atoms. The Bertz CT molecular complexity index is 1260. The molecule has 0 amide bonds. The Balaban J connectivity index is 2.05. The van der Waals surface area contributed by atoms with Gasteiger partial charge in [-0.2, -0.15) is 13.2 Å². The number of anilines is 1. The average molecular weight is 485 g/mol. The van der Waals surface area contributed by atoms with Crippen LogP contribution in [0.5, 0.6) is 0 Å². The number of carbonyl (C=O) groups is 1. The van der Waals surface area contributed by atoms with E-state index < -0.39 is 27.5 Å². The zero-order valence-electron chi connectivity index (χ0n) is 17.4. The van der Waals surface area contributed by atoms with E-state index in [0.29, 0.717) is 16.3 Å². The van der Waals surface area contributed by atoms with Gasteiger partial charge in [0.1, 0.15) is 0 Å². The Labute approximate surface area is 188 Å². The quantitative estimate of drug-likeness (QED) is 0.489. The lowest BCUT2D eigenvalue weighted by molar-refractivity contribution is -0.138. The minimum atomic E-state index is -4.66. The van der Waals surface area contributed by atoms with Gasteiger partial charge in [0.05, 0.1) is 17.5 Å². The Morgan fingerprint density at radius 2 is 1.62 bits per heavy atom. The van der Waals surface area contributed by atoms with E-state index >= 15 is 0 Å². The molecule has 0 radical (unpaired) electrons. The van der Waals surface area contributed by atoms with Gasteiger partial charge in [0.2, 0.25) is 15.8 Å². The number of aromatic nitrogens is 1. The average Bonchev–Trinajstić information content (AvgIpc) is 2.92.